The third-order valence-electron chi connectivity index (χ3n) is 3.13. The van der Waals surface area contributed by atoms with Crippen molar-refractivity contribution >= 4 is 0 Å². The van der Waals surface area contributed by atoms with Crippen molar-refractivity contribution in [1.29, 1.82) is 0 Å². The Morgan fingerprint density at radius 1 is 1.21 bits per heavy atom. The predicted octanol–water partition coefficient (Wildman–Crippen LogP) is 3.50. The van der Waals surface area contributed by atoms with Gasteiger partial charge >= 0.3 is 0 Å². The summed E-state index contributed by atoms with van der Waals surface area (Å²) in [5, 5.41) is 9.93. The summed E-state index contributed by atoms with van der Waals surface area (Å²) in [5.74, 6) is -1.55. The number of aromatic nitrogens is 1. The lowest BCUT2D eigenvalue weighted by Crippen LogP contribution is -2.05. The summed E-state index contributed by atoms with van der Waals surface area (Å²) in [6.45, 7) is 4.09. The van der Waals surface area contributed by atoms with Crippen molar-refractivity contribution in [1.82, 2.24) is 4.57 Å². The van der Waals surface area contributed by atoms with E-state index in [1.807, 2.05) is 13.8 Å². The van der Waals surface area contributed by atoms with Gasteiger partial charge in [0.15, 0.2) is 11.6 Å². The largest absolute Gasteiger partial charge is 0.388 e. The van der Waals surface area contributed by atoms with E-state index in [1.54, 1.807) is 29.1 Å². The number of aliphatic hydroxyl groups is 1. The van der Waals surface area contributed by atoms with Crippen LogP contribution in [0.3, 0.4) is 0 Å². The highest BCUT2D eigenvalue weighted by Gasteiger charge is 2.14. The van der Waals surface area contributed by atoms with Crippen LogP contribution in [0.1, 0.15) is 31.1 Å². The van der Waals surface area contributed by atoms with Crippen LogP contribution in [-0.2, 0) is 6.54 Å². The fraction of sp³-hybridized carbons (Fsp3) is 0.333. The van der Waals surface area contributed by atoms with Gasteiger partial charge in [-0.2, -0.15) is 0 Å². The monoisotopic (exact) mass is 265 g/mol. The van der Waals surface area contributed by atoms with E-state index in [1.165, 1.54) is 6.07 Å². The normalized spacial score (nSPS) is 12.9. The molecule has 1 atom stereocenters. The average molecular weight is 265 g/mol. The lowest BCUT2D eigenvalue weighted by atomic mass is 10.0. The van der Waals surface area contributed by atoms with Crippen molar-refractivity contribution < 1.29 is 13.9 Å². The van der Waals surface area contributed by atoms with E-state index in [0.29, 0.717) is 5.56 Å². The van der Waals surface area contributed by atoms with Crippen molar-refractivity contribution in [3.8, 4) is 0 Å². The number of benzene rings is 1. The molecule has 2 aromatic rings. The molecular weight excluding hydrogens is 248 g/mol. The third kappa shape index (κ3) is 3.01. The molecule has 0 spiro atoms. The molecule has 2 nitrogen and oxygen atoms in total. The van der Waals surface area contributed by atoms with Crippen LogP contribution in [0, 0.1) is 17.6 Å². The highest BCUT2D eigenvalue weighted by Crippen LogP contribution is 2.22. The number of hydrogen-bond acceptors (Lipinski definition) is 1. The maximum Gasteiger partial charge on any atom is 0.163 e. The predicted molar refractivity (Wildman–Crippen MR) is 69.7 cm³/mol. The Kier molecular flexibility index (Phi) is 4.00. The van der Waals surface area contributed by atoms with E-state index in [2.05, 4.69) is 0 Å². The Hall–Kier alpha value is -1.68. The molecule has 0 aliphatic rings. The molecule has 4 heteroatoms. The summed E-state index contributed by atoms with van der Waals surface area (Å²) < 4.78 is 28.4. The number of aliphatic hydroxyl groups excluding tert-OH is 1. The van der Waals surface area contributed by atoms with Crippen LogP contribution in [0.5, 0.6) is 0 Å². The molecule has 0 saturated heterocycles. The van der Waals surface area contributed by atoms with Gasteiger partial charge in [-0.15, -0.1) is 0 Å². The molecule has 0 bridgehead atoms. The highest BCUT2D eigenvalue weighted by atomic mass is 19.2. The number of hydrogen-bond donors (Lipinski definition) is 1. The van der Waals surface area contributed by atoms with Crippen LogP contribution >= 0.6 is 0 Å². The van der Waals surface area contributed by atoms with Crippen LogP contribution in [0.4, 0.5) is 8.78 Å². The Balaban J connectivity index is 2.18. The van der Waals surface area contributed by atoms with Crippen LogP contribution in [0.25, 0.3) is 0 Å². The summed E-state index contributed by atoms with van der Waals surface area (Å²) in [7, 11) is 0. The first kappa shape index (κ1) is 13.7. The minimum Gasteiger partial charge on any atom is -0.388 e. The van der Waals surface area contributed by atoms with Crippen molar-refractivity contribution in [2.24, 2.45) is 5.92 Å². The van der Waals surface area contributed by atoms with Gasteiger partial charge < -0.3 is 9.67 Å². The summed E-state index contributed by atoms with van der Waals surface area (Å²) in [6, 6.07) is 5.93. The Labute approximate surface area is 111 Å². The SMILES string of the molecule is CC(C)C(O)c1ccn(Cc2cccc(F)c2F)c1. The molecule has 0 saturated carbocycles. The molecule has 2 rings (SSSR count). The summed E-state index contributed by atoms with van der Waals surface area (Å²) in [4.78, 5) is 0. The van der Waals surface area contributed by atoms with Crippen molar-refractivity contribution in [2.75, 3.05) is 0 Å². The molecule has 1 aromatic carbocycles. The summed E-state index contributed by atoms with van der Waals surface area (Å²) in [5.41, 5.74) is 1.08. The second-order valence-corrected chi connectivity index (χ2v) is 5.02. The second kappa shape index (κ2) is 5.53. The molecule has 102 valence electrons. The molecule has 1 unspecified atom stereocenters. The number of halogens is 2. The van der Waals surface area contributed by atoms with Crippen molar-refractivity contribution in [2.45, 2.75) is 26.5 Å². The zero-order valence-electron chi connectivity index (χ0n) is 11.0. The molecule has 1 N–H and O–H groups in total. The minimum absolute atomic E-state index is 0.113. The van der Waals surface area contributed by atoms with Crippen LogP contribution in [0.15, 0.2) is 36.7 Å². The van der Waals surface area contributed by atoms with Crippen LogP contribution < -0.4 is 0 Å². The lowest BCUT2D eigenvalue weighted by molar-refractivity contribution is 0.127. The molecule has 0 aliphatic heterocycles. The van der Waals surface area contributed by atoms with E-state index in [4.69, 9.17) is 0 Å². The molecule has 0 amide bonds. The van der Waals surface area contributed by atoms with E-state index < -0.39 is 17.7 Å². The number of nitrogens with zero attached hydrogens (tertiary/aromatic N) is 1. The van der Waals surface area contributed by atoms with Gasteiger partial charge in [0.05, 0.1) is 6.10 Å². The first-order valence-corrected chi connectivity index (χ1v) is 6.25. The van der Waals surface area contributed by atoms with Gasteiger partial charge in [-0.3, -0.25) is 0 Å². The first-order valence-electron chi connectivity index (χ1n) is 6.25. The van der Waals surface area contributed by atoms with Gasteiger partial charge in [0.1, 0.15) is 0 Å². The van der Waals surface area contributed by atoms with E-state index in [0.717, 1.165) is 11.6 Å². The summed E-state index contributed by atoms with van der Waals surface area (Å²) in [6.07, 6.45) is 2.97. The quantitative estimate of drug-likeness (QED) is 0.899. The van der Waals surface area contributed by atoms with Crippen LogP contribution in [-0.4, -0.2) is 9.67 Å². The first-order chi connectivity index (χ1) is 8.99. The van der Waals surface area contributed by atoms with Gasteiger partial charge in [-0.1, -0.05) is 26.0 Å². The Bertz CT molecular complexity index is 563. The van der Waals surface area contributed by atoms with E-state index >= 15 is 0 Å². The maximum atomic E-state index is 13.5. The molecule has 0 radical (unpaired) electrons. The standard InChI is InChI=1S/C15H17F2NO/c1-10(2)15(19)12-6-7-18(9-12)8-11-4-3-5-13(16)14(11)17/h3-7,9-10,15,19H,8H2,1-2H3. The van der Waals surface area contributed by atoms with E-state index in [-0.39, 0.29) is 12.5 Å². The molecule has 1 aromatic heterocycles. The van der Waals surface area contributed by atoms with E-state index in [9.17, 15) is 13.9 Å². The highest BCUT2D eigenvalue weighted by molar-refractivity contribution is 5.21. The van der Waals surface area contributed by atoms with Crippen molar-refractivity contribution in [3.63, 3.8) is 0 Å². The van der Waals surface area contributed by atoms with Gasteiger partial charge in [0.2, 0.25) is 0 Å². The second-order valence-electron chi connectivity index (χ2n) is 5.02. The van der Waals surface area contributed by atoms with Crippen molar-refractivity contribution in [3.05, 3.63) is 59.4 Å². The van der Waals surface area contributed by atoms with Gasteiger partial charge in [-0.05, 0) is 23.6 Å². The molecule has 0 aliphatic carbocycles. The van der Waals surface area contributed by atoms with Gasteiger partial charge in [0, 0.05) is 24.5 Å². The lowest BCUT2D eigenvalue weighted by Gasteiger charge is -2.12. The van der Waals surface area contributed by atoms with Gasteiger partial charge in [0.25, 0.3) is 0 Å². The average Bonchev–Trinajstić information content (AvgIpc) is 2.82. The van der Waals surface area contributed by atoms with Gasteiger partial charge in [-0.25, -0.2) is 8.78 Å². The molecule has 19 heavy (non-hydrogen) atoms. The maximum absolute atomic E-state index is 13.5. The van der Waals surface area contributed by atoms with Crippen LogP contribution in [0.2, 0.25) is 0 Å². The molecule has 0 fully saturated rings. The fourth-order valence-corrected chi connectivity index (χ4v) is 1.98. The Morgan fingerprint density at radius 3 is 2.63 bits per heavy atom. The molecular formula is C15H17F2NO. The topological polar surface area (TPSA) is 25.2 Å². The zero-order valence-corrected chi connectivity index (χ0v) is 11.0. The molecule has 1 heterocycles. The third-order valence-corrected chi connectivity index (χ3v) is 3.13. The number of rotatable bonds is 4. The minimum atomic E-state index is -0.841. The fourth-order valence-electron chi connectivity index (χ4n) is 1.98. The Morgan fingerprint density at radius 2 is 1.95 bits per heavy atom. The zero-order chi connectivity index (χ0) is 14.0. The summed E-state index contributed by atoms with van der Waals surface area (Å²) >= 11 is 0. The smallest absolute Gasteiger partial charge is 0.163 e.